The van der Waals surface area contributed by atoms with Crippen molar-refractivity contribution in [2.75, 3.05) is 25.6 Å². The molecule has 1 aromatic heterocycles. The Labute approximate surface area is 94.3 Å². The summed E-state index contributed by atoms with van der Waals surface area (Å²) in [5, 5.41) is 7.01. The van der Waals surface area contributed by atoms with E-state index in [1.54, 1.807) is 7.11 Å². The lowest BCUT2D eigenvalue weighted by Crippen LogP contribution is -2.33. The molecule has 1 aromatic rings. The van der Waals surface area contributed by atoms with Crippen molar-refractivity contribution in [3.05, 3.63) is 5.82 Å². The number of nitrogens with one attached hydrogen (secondary N) is 1. The van der Waals surface area contributed by atoms with E-state index >= 15 is 0 Å². The molecule has 0 amide bonds. The summed E-state index contributed by atoms with van der Waals surface area (Å²) in [6.45, 7) is 5.23. The van der Waals surface area contributed by atoms with Gasteiger partial charge >= 0.3 is 6.01 Å². The van der Waals surface area contributed by atoms with Gasteiger partial charge in [-0.2, -0.15) is 4.98 Å². The summed E-state index contributed by atoms with van der Waals surface area (Å²) < 4.78 is 15.7. The zero-order valence-corrected chi connectivity index (χ0v) is 9.77. The van der Waals surface area contributed by atoms with Gasteiger partial charge in [0.2, 0.25) is 0 Å². The van der Waals surface area contributed by atoms with Crippen LogP contribution in [-0.2, 0) is 9.47 Å². The number of ether oxygens (including phenoxy) is 2. The van der Waals surface area contributed by atoms with Gasteiger partial charge in [-0.05, 0) is 0 Å². The molecule has 1 saturated heterocycles. The smallest absolute Gasteiger partial charge is 0.321 e. The average molecular weight is 227 g/mol. The Morgan fingerprint density at radius 3 is 2.88 bits per heavy atom. The molecule has 0 saturated carbocycles. The lowest BCUT2D eigenvalue weighted by Gasteiger charge is -2.15. The van der Waals surface area contributed by atoms with Crippen molar-refractivity contribution in [2.24, 2.45) is 0 Å². The summed E-state index contributed by atoms with van der Waals surface area (Å²) in [5.41, 5.74) is 0. The van der Waals surface area contributed by atoms with Crippen LogP contribution >= 0.6 is 0 Å². The Morgan fingerprint density at radius 1 is 1.44 bits per heavy atom. The van der Waals surface area contributed by atoms with Gasteiger partial charge in [0, 0.05) is 13.0 Å². The lowest BCUT2D eigenvalue weighted by atomic mass is 10.2. The predicted octanol–water partition coefficient (Wildman–Crippen LogP) is 1.02. The summed E-state index contributed by atoms with van der Waals surface area (Å²) in [6, 6.07) is 0.506. The summed E-state index contributed by atoms with van der Waals surface area (Å²) in [6.07, 6.45) is 0.0365. The Hall–Kier alpha value is -1.14. The molecule has 0 unspecified atom stereocenters. The van der Waals surface area contributed by atoms with Gasteiger partial charge in [-0.15, -0.1) is 0 Å². The maximum absolute atomic E-state index is 5.31. The van der Waals surface area contributed by atoms with E-state index in [-0.39, 0.29) is 18.1 Å². The van der Waals surface area contributed by atoms with Gasteiger partial charge in [-0.3, -0.25) is 0 Å². The second kappa shape index (κ2) is 4.80. The molecular weight excluding hydrogens is 210 g/mol. The molecule has 0 radical (unpaired) electrons. The molecule has 1 fully saturated rings. The summed E-state index contributed by atoms with van der Waals surface area (Å²) in [7, 11) is 1.67. The third-order valence-corrected chi connectivity index (χ3v) is 2.60. The fourth-order valence-electron chi connectivity index (χ4n) is 1.59. The zero-order chi connectivity index (χ0) is 11.5. The highest BCUT2D eigenvalue weighted by Gasteiger charge is 2.29. The highest BCUT2D eigenvalue weighted by Crippen LogP contribution is 2.17. The topological polar surface area (TPSA) is 69.4 Å². The molecule has 1 N–H and O–H groups in total. The van der Waals surface area contributed by atoms with Crippen molar-refractivity contribution in [1.82, 2.24) is 10.1 Å². The van der Waals surface area contributed by atoms with Crippen molar-refractivity contribution in [3.63, 3.8) is 0 Å². The zero-order valence-electron chi connectivity index (χ0n) is 9.77. The van der Waals surface area contributed by atoms with E-state index in [2.05, 4.69) is 15.5 Å². The Bertz CT molecular complexity index is 340. The van der Waals surface area contributed by atoms with Crippen LogP contribution in [0, 0.1) is 0 Å². The summed E-state index contributed by atoms with van der Waals surface area (Å²) in [5.74, 6) is 0.965. The van der Waals surface area contributed by atoms with E-state index in [1.165, 1.54) is 0 Å². The minimum atomic E-state index is 0.0365. The number of hydrogen-bond acceptors (Lipinski definition) is 6. The highest BCUT2D eigenvalue weighted by molar-refractivity contribution is 5.22. The van der Waals surface area contributed by atoms with E-state index in [1.807, 2.05) is 13.8 Å². The van der Waals surface area contributed by atoms with Crippen molar-refractivity contribution in [3.8, 4) is 0 Å². The van der Waals surface area contributed by atoms with Crippen molar-refractivity contribution >= 4 is 6.01 Å². The SMILES string of the molecule is CO[C@H]1COC[C@H]1Nc1nc(C(C)C)no1. The number of methoxy groups -OCH3 is 1. The lowest BCUT2D eigenvalue weighted by molar-refractivity contribution is 0.0792. The van der Waals surface area contributed by atoms with Gasteiger partial charge in [-0.25, -0.2) is 0 Å². The molecule has 0 aliphatic carbocycles. The van der Waals surface area contributed by atoms with Gasteiger partial charge in [0.05, 0.1) is 19.3 Å². The van der Waals surface area contributed by atoms with Crippen LogP contribution in [0.15, 0.2) is 4.52 Å². The first kappa shape index (κ1) is 11.3. The molecule has 2 rings (SSSR count). The maximum atomic E-state index is 5.31. The number of nitrogens with zero attached hydrogens (tertiary/aromatic N) is 2. The third kappa shape index (κ3) is 2.33. The number of anilines is 1. The number of aromatic nitrogens is 2. The van der Waals surface area contributed by atoms with E-state index < -0.39 is 0 Å². The Morgan fingerprint density at radius 2 is 2.25 bits per heavy atom. The maximum Gasteiger partial charge on any atom is 0.321 e. The van der Waals surface area contributed by atoms with Gasteiger partial charge in [-0.1, -0.05) is 19.0 Å². The molecule has 0 aromatic carbocycles. The van der Waals surface area contributed by atoms with Crippen LogP contribution < -0.4 is 5.32 Å². The highest BCUT2D eigenvalue weighted by atomic mass is 16.5. The van der Waals surface area contributed by atoms with E-state index in [9.17, 15) is 0 Å². The fraction of sp³-hybridized carbons (Fsp3) is 0.800. The molecule has 16 heavy (non-hydrogen) atoms. The third-order valence-electron chi connectivity index (χ3n) is 2.60. The predicted molar refractivity (Wildman–Crippen MR) is 57.4 cm³/mol. The average Bonchev–Trinajstić information content (AvgIpc) is 2.87. The normalized spacial score (nSPS) is 25.2. The van der Waals surface area contributed by atoms with E-state index in [0.29, 0.717) is 25.1 Å². The Balaban J connectivity index is 1.97. The number of rotatable bonds is 4. The van der Waals surface area contributed by atoms with Gasteiger partial charge < -0.3 is 19.3 Å². The molecule has 0 bridgehead atoms. The van der Waals surface area contributed by atoms with Crippen LogP contribution in [0.25, 0.3) is 0 Å². The molecule has 2 heterocycles. The molecule has 6 heteroatoms. The molecule has 1 aliphatic rings. The van der Waals surface area contributed by atoms with Crippen LogP contribution in [0.4, 0.5) is 6.01 Å². The first-order chi connectivity index (χ1) is 7.70. The molecule has 6 nitrogen and oxygen atoms in total. The van der Waals surface area contributed by atoms with Crippen molar-refractivity contribution in [2.45, 2.75) is 31.9 Å². The second-order valence-corrected chi connectivity index (χ2v) is 4.17. The van der Waals surface area contributed by atoms with Gasteiger partial charge in [0.15, 0.2) is 5.82 Å². The standard InChI is InChI=1S/C10H17N3O3/c1-6(2)9-12-10(16-13-9)11-7-4-15-5-8(7)14-3/h6-8H,4-5H2,1-3H3,(H,11,12,13)/t7-,8+/m1/s1. The van der Waals surface area contributed by atoms with E-state index in [0.717, 1.165) is 0 Å². The van der Waals surface area contributed by atoms with Crippen LogP contribution in [0.5, 0.6) is 0 Å². The van der Waals surface area contributed by atoms with Crippen LogP contribution in [-0.4, -0.2) is 42.6 Å². The van der Waals surface area contributed by atoms with Crippen molar-refractivity contribution in [1.29, 1.82) is 0 Å². The molecule has 90 valence electrons. The Kier molecular flexibility index (Phi) is 3.40. The molecule has 0 spiro atoms. The first-order valence-corrected chi connectivity index (χ1v) is 5.41. The summed E-state index contributed by atoms with van der Waals surface area (Å²) >= 11 is 0. The van der Waals surface area contributed by atoms with Crippen LogP contribution in [0.1, 0.15) is 25.6 Å². The summed E-state index contributed by atoms with van der Waals surface area (Å²) in [4.78, 5) is 4.24. The minimum Gasteiger partial charge on any atom is -0.377 e. The minimum absolute atomic E-state index is 0.0365. The molecule has 1 aliphatic heterocycles. The van der Waals surface area contributed by atoms with Crippen molar-refractivity contribution < 1.29 is 14.0 Å². The quantitative estimate of drug-likeness (QED) is 0.828. The fourth-order valence-corrected chi connectivity index (χ4v) is 1.59. The largest absolute Gasteiger partial charge is 0.377 e. The van der Waals surface area contributed by atoms with Gasteiger partial charge in [0.1, 0.15) is 6.10 Å². The van der Waals surface area contributed by atoms with E-state index in [4.69, 9.17) is 14.0 Å². The second-order valence-electron chi connectivity index (χ2n) is 4.17. The number of hydrogen-bond donors (Lipinski definition) is 1. The van der Waals surface area contributed by atoms with Gasteiger partial charge in [0.25, 0.3) is 0 Å². The molecule has 2 atom stereocenters. The van der Waals surface area contributed by atoms with Crippen LogP contribution in [0.2, 0.25) is 0 Å². The monoisotopic (exact) mass is 227 g/mol. The van der Waals surface area contributed by atoms with Crippen LogP contribution in [0.3, 0.4) is 0 Å². The molecular formula is C10H17N3O3. The first-order valence-electron chi connectivity index (χ1n) is 5.41.